The molecular formula is C21H27N3O3. The lowest BCUT2D eigenvalue weighted by atomic mass is 9.69. The SMILES string of the molecule is COc1ccc2c3c([nH]c2c1)[C@@H](CO)NCC31CN(C(=O)C2CCCC2)C1. The second-order valence-corrected chi connectivity index (χ2v) is 8.40. The lowest BCUT2D eigenvalue weighted by Gasteiger charge is -2.54. The second-order valence-electron chi connectivity index (χ2n) is 8.40. The molecule has 27 heavy (non-hydrogen) atoms. The molecule has 1 amide bonds. The lowest BCUT2D eigenvalue weighted by Crippen LogP contribution is -2.67. The Morgan fingerprint density at radius 1 is 1.33 bits per heavy atom. The highest BCUT2D eigenvalue weighted by Crippen LogP contribution is 2.46. The van der Waals surface area contributed by atoms with E-state index >= 15 is 0 Å². The van der Waals surface area contributed by atoms with Crippen LogP contribution < -0.4 is 10.1 Å². The largest absolute Gasteiger partial charge is 0.497 e. The zero-order chi connectivity index (χ0) is 18.6. The Morgan fingerprint density at radius 2 is 2.11 bits per heavy atom. The number of aromatic nitrogens is 1. The van der Waals surface area contributed by atoms with Crippen LogP contribution in [0.25, 0.3) is 10.9 Å². The van der Waals surface area contributed by atoms with Gasteiger partial charge in [-0.25, -0.2) is 0 Å². The Morgan fingerprint density at radius 3 is 2.81 bits per heavy atom. The highest BCUT2D eigenvalue weighted by molar-refractivity contribution is 5.89. The number of aromatic amines is 1. The van der Waals surface area contributed by atoms with E-state index in [1.807, 2.05) is 17.0 Å². The monoisotopic (exact) mass is 369 g/mol. The maximum absolute atomic E-state index is 12.8. The second kappa shape index (κ2) is 6.24. The maximum Gasteiger partial charge on any atom is 0.225 e. The van der Waals surface area contributed by atoms with E-state index in [2.05, 4.69) is 16.4 Å². The van der Waals surface area contributed by atoms with Gasteiger partial charge in [-0.3, -0.25) is 4.79 Å². The van der Waals surface area contributed by atoms with Crippen LogP contribution in [-0.2, 0) is 10.2 Å². The Balaban J connectivity index is 1.50. The van der Waals surface area contributed by atoms with Crippen LogP contribution in [0.4, 0.5) is 0 Å². The summed E-state index contributed by atoms with van der Waals surface area (Å²) in [5, 5.41) is 14.5. The summed E-state index contributed by atoms with van der Waals surface area (Å²) in [6.07, 6.45) is 4.46. The fourth-order valence-corrected chi connectivity index (χ4v) is 5.36. The normalized spacial score (nSPS) is 24.2. The summed E-state index contributed by atoms with van der Waals surface area (Å²) in [6, 6.07) is 6.01. The highest BCUT2D eigenvalue weighted by atomic mass is 16.5. The number of ether oxygens (including phenoxy) is 1. The number of likely N-dealkylation sites (tertiary alicyclic amines) is 1. The van der Waals surface area contributed by atoms with Crippen molar-refractivity contribution in [2.75, 3.05) is 33.4 Å². The van der Waals surface area contributed by atoms with Gasteiger partial charge in [0.15, 0.2) is 0 Å². The minimum atomic E-state index is -0.0939. The van der Waals surface area contributed by atoms with Crippen molar-refractivity contribution in [3.05, 3.63) is 29.5 Å². The van der Waals surface area contributed by atoms with Gasteiger partial charge in [0.25, 0.3) is 0 Å². The Bertz CT molecular complexity index is 878. The van der Waals surface area contributed by atoms with Crippen molar-refractivity contribution in [3.8, 4) is 5.75 Å². The zero-order valence-electron chi connectivity index (χ0n) is 15.8. The molecule has 2 aromatic rings. The summed E-state index contributed by atoms with van der Waals surface area (Å²) >= 11 is 0. The lowest BCUT2D eigenvalue weighted by molar-refractivity contribution is -0.143. The van der Waals surface area contributed by atoms with Crippen molar-refractivity contribution in [2.24, 2.45) is 5.92 Å². The van der Waals surface area contributed by atoms with Gasteiger partial charge in [-0.2, -0.15) is 0 Å². The van der Waals surface area contributed by atoms with Crippen molar-refractivity contribution >= 4 is 16.8 Å². The molecule has 3 N–H and O–H groups in total. The fraction of sp³-hybridized carbons (Fsp3) is 0.571. The summed E-state index contributed by atoms with van der Waals surface area (Å²) in [7, 11) is 1.67. The standard InChI is InChI=1S/C21H27N3O3/c1-27-14-6-7-15-16(8-14)23-19-17(9-25)22-10-21(18(15)19)11-24(12-21)20(26)13-4-2-3-5-13/h6-8,13,17,22-23,25H,2-5,9-12H2,1H3/t17-/m1/s1. The van der Waals surface area contributed by atoms with Gasteiger partial charge in [-0.05, 0) is 30.5 Å². The fourth-order valence-electron chi connectivity index (χ4n) is 5.36. The number of methoxy groups -OCH3 is 1. The number of nitrogens with zero attached hydrogens (tertiary/aromatic N) is 1. The topological polar surface area (TPSA) is 77.6 Å². The van der Waals surface area contributed by atoms with Crippen LogP contribution in [0.15, 0.2) is 18.2 Å². The molecule has 144 valence electrons. The first-order valence-electron chi connectivity index (χ1n) is 9.98. The van der Waals surface area contributed by atoms with Crippen LogP contribution in [0.3, 0.4) is 0 Å². The van der Waals surface area contributed by atoms with Gasteiger partial charge in [0.1, 0.15) is 5.75 Å². The average molecular weight is 369 g/mol. The number of carbonyl (C=O) groups is 1. The number of nitrogens with one attached hydrogen (secondary N) is 2. The van der Waals surface area contributed by atoms with Crippen molar-refractivity contribution in [1.82, 2.24) is 15.2 Å². The summed E-state index contributed by atoms with van der Waals surface area (Å²) in [4.78, 5) is 18.4. The predicted molar refractivity (Wildman–Crippen MR) is 103 cm³/mol. The summed E-state index contributed by atoms with van der Waals surface area (Å²) in [5.74, 6) is 1.39. The summed E-state index contributed by atoms with van der Waals surface area (Å²) in [5.41, 5.74) is 3.29. The molecule has 0 bridgehead atoms. The molecule has 1 aromatic carbocycles. The van der Waals surface area contributed by atoms with Crippen molar-refractivity contribution < 1.29 is 14.6 Å². The van der Waals surface area contributed by atoms with E-state index in [1.165, 1.54) is 23.8 Å². The molecule has 3 aliphatic rings. The molecule has 1 saturated heterocycles. The van der Waals surface area contributed by atoms with Crippen molar-refractivity contribution in [2.45, 2.75) is 37.1 Å². The minimum Gasteiger partial charge on any atom is -0.497 e. The molecule has 5 rings (SSSR count). The number of rotatable bonds is 3. The molecule has 1 saturated carbocycles. The molecule has 6 nitrogen and oxygen atoms in total. The molecule has 1 atom stereocenters. The van der Waals surface area contributed by atoms with E-state index in [-0.39, 0.29) is 24.0 Å². The number of hydrogen-bond acceptors (Lipinski definition) is 4. The molecule has 0 radical (unpaired) electrons. The van der Waals surface area contributed by atoms with E-state index in [1.54, 1.807) is 7.11 Å². The molecule has 3 heterocycles. The first kappa shape index (κ1) is 17.1. The van der Waals surface area contributed by atoms with Crippen molar-refractivity contribution in [1.29, 1.82) is 0 Å². The van der Waals surface area contributed by atoms with E-state index in [0.29, 0.717) is 5.91 Å². The number of benzene rings is 1. The summed E-state index contributed by atoms with van der Waals surface area (Å²) in [6.45, 7) is 2.37. The first-order valence-corrected chi connectivity index (χ1v) is 9.98. The van der Waals surface area contributed by atoms with Crippen molar-refractivity contribution in [3.63, 3.8) is 0 Å². The van der Waals surface area contributed by atoms with Gasteiger partial charge >= 0.3 is 0 Å². The highest BCUT2D eigenvalue weighted by Gasteiger charge is 2.52. The number of aliphatic hydroxyl groups is 1. The molecule has 6 heteroatoms. The maximum atomic E-state index is 12.8. The summed E-state index contributed by atoms with van der Waals surface area (Å²) < 4.78 is 5.37. The van der Waals surface area contributed by atoms with Crippen LogP contribution in [0, 0.1) is 5.92 Å². The quantitative estimate of drug-likeness (QED) is 0.774. The van der Waals surface area contributed by atoms with E-state index in [4.69, 9.17) is 4.74 Å². The van der Waals surface area contributed by atoms with Crippen LogP contribution >= 0.6 is 0 Å². The Hall–Kier alpha value is -2.05. The molecular weight excluding hydrogens is 342 g/mol. The Kier molecular flexibility index (Phi) is 3.95. The van der Waals surface area contributed by atoms with Crippen LogP contribution in [0.5, 0.6) is 5.75 Å². The number of carbonyl (C=O) groups excluding carboxylic acids is 1. The first-order chi connectivity index (χ1) is 13.1. The van der Waals surface area contributed by atoms with Crippen LogP contribution in [0.2, 0.25) is 0 Å². The zero-order valence-corrected chi connectivity index (χ0v) is 15.8. The third-order valence-corrected chi connectivity index (χ3v) is 6.79. The number of hydrogen-bond donors (Lipinski definition) is 3. The molecule has 0 unspecified atom stereocenters. The number of amides is 1. The Labute approximate surface area is 158 Å². The van der Waals surface area contributed by atoms with Gasteiger partial charge < -0.3 is 25.0 Å². The third kappa shape index (κ3) is 2.50. The van der Waals surface area contributed by atoms with Gasteiger partial charge in [0.2, 0.25) is 5.91 Å². The van der Waals surface area contributed by atoms with Gasteiger partial charge in [-0.1, -0.05) is 12.8 Å². The minimum absolute atomic E-state index is 0.0533. The van der Waals surface area contributed by atoms with Crippen LogP contribution in [0.1, 0.15) is 43.0 Å². The molecule has 2 fully saturated rings. The molecule has 1 aliphatic carbocycles. The van der Waals surface area contributed by atoms with E-state index in [0.717, 1.165) is 49.4 Å². The van der Waals surface area contributed by atoms with Gasteiger partial charge in [0, 0.05) is 53.6 Å². The van der Waals surface area contributed by atoms with Gasteiger partial charge in [0.05, 0.1) is 19.8 Å². The average Bonchev–Trinajstić information content (AvgIpc) is 3.32. The number of H-pyrrole nitrogens is 1. The number of fused-ring (bicyclic) bond motifs is 4. The van der Waals surface area contributed by atoms with E-state index in [9.17, 15) is 9.90 Å². The number of aliphatic hydroxyl groups excluding tert-OH is 1. The molecule has 1 spiro atoms. The molecule has 1 aromatic heterocycles. The smallest absolute Gasteiger partial charge is 0.225 e. The molecule has 2 aliphatic heterocycles. The van der Waals surface area contributed by atoms with Gasteiger partial charge in [-0.15, -0.1) is 0 Å². The van der Waals surface area contributed by atoms with E-state index < -0.39 is 0 Å². The van der Waals surface area contributed by atoms with Crippen LogP contribution in [-0.4, -0.2) is 54.2 Å². The third-order valence-electron chi connectivity index (χ3n) is 6.79. The predicted octanol–water partition coefficient (Wildman–Crippen LogP) is 2.08.